The lowest BCUT2D eigenvalue weighted by molar-refractivity contribution is 0.0985. The largest absolute Gasteiger partial charge is 0.492 e. The van der Waals surface area contributed by atoms with Crippen molar-refractivity contribution in [3.63, 3.8) is 0 Å². The summed E-state index contributed by atoms with van der Waals surface area (Å²) in [5.41, 5.74) is 1.14. The van der Waals surface area contributed by atoms with E-state index in [1.807, 2.05) is 44.1 Å². The Kier molecular flexibility index (Phi) is 8.41. The highest BCUT2D eigenvalue weighted by molar-refractivity contribution is 7.90. The molecule has 0 N–H and O–H groups in total. The zero-order valence-corrected chi connectivity index (χ0v) is 20.3. The highest BCUT2D eigenvalue weighted by Crippen LogP contribution is 2.34. The van der Waals surface area contributed by atoms with E-state index in [0.29, 0.717) is 36.1 Å². The van der Waals surface area contributed by atoms with Gasteiger partial charge in [0.05, 0.1) is 16.2 Å². The predicted molar refractivity (Wildman–Crippen MR) is 128 cm³/mol. The van der Waals surface area contributed by atoms with Crippen LogP contribution in [0.5, 0.6) is 5.75 Å². The highest BCUT2D eigenvalue weighted by Gasteiger charge is 2.23. The molecule has 0 bridgehead atoms. The van der Waals surface area contributed by atoms with Gasteiger partial charge < -0.3 is 9.64 Å². The molecule has 0 saturated carbocycles. The Labute approximate surface area is 193 Å². The van der Waals surface area contributed by atoms with Gasteiger partial charge in [0.1, 0.15) is 11.3 Å². The van der Waals surface area contributed by atoms with E-state index < -0.39 is 9.84 Å². The minimum Gasteiger partial charge on any atom is -0.492 e. The average Bonchev–Trinajstić information content (AvgIpc) is 3.12. The number of carbonyl (C=O) groups is 1. The normalized spacial score (nSPS) is 11.4. The number of benzene rings is 2. The van der Waals surface area contributed by atoms with Gasteiger partial charge in [-0.15, -0.1) is 12.4 Å². The van der Waals surface area contributed by atoms with Crippen molar-refractivity contribution in [2.24, 2.45) is 0 Å². The summed E-state index contributed by atoms with van der Waals surface area (Å²) in [4.78, 5) is 21.8. The fourth-order valence-corrected chi connectivity index (χ4v) is 4.52. The lowest BCUT2D eigenvalue weighted by Crippen LogP contribution is -2.36. The van der Waals surface area contributed by atoms with Crippen molar-refractivity contribution in [2.45, 2.75) is 11.8 Å². The predicted octanol–water partition coefficient (Wildman–Crippen LogP) is 3.73. The standard InChI is InChI=1S/C21H25N3O4S2.ClH/c1-5-28-17-7-6-8-18-19(17)22-21(29-18)24(14-13-23(2)3)20(25)15-9-11-16(12-10-15)30(4,26)27;/h6-12H,5,13-14H2,1-4H3;1H. The second-order valence-corrected chi connectivity index (χ2v) is 10.1. The molecule has 0 radical (unpaired) electrons. The van der Waals surface area contributed by atoms with Gasteiger partial charge in [-0.05, 0) is 57.4 Å². The summed E-state index contributed by atoms with van der Waals surface area (Å²) in [7, 11) is 0.557. The van der Waals surface area contributed by atoms with Crippen LogP contribution in [-0.2, 0) is 9.84 Å². The first kappa shape index (κ1) is 25.1. The lowest BCUT2D eigenvalue weighted by atomic mass is 10.2. The first-order valence-electron chi connectivity index (χ1n) is 9.49. The maximum Gasteiger partial charge on any atom is 0.260 e. The molecule has 31 heavy (non-hydrogen) atoms. The molecule has 0 unspecified atom stereocenters. The Morgan fingerprint density at radius 3 is 2.35 bits per heavy atom. The number of fused-ring (bicyclic) bond motifs is 1. The number of rotatable bonds is 8. The zero-order chi connectivity index (χ0) is 21.9. The quantitative estimate of drug-likeness (QED) is 0.485. The van der Waals surface area contributed by atoms with E-state index in [2.05, 4.69) is 0 Å². The summed E-state index contributed by atoms with van der Waals surface area (Å²) in [5.74, 6) is 0.462. The monoisotopic (exact) mass is 483 g/mol. The maximum absolute atomic E-state index is 13.3. The van der Waals surface area contributed by atoms with Gasteiger partial charge in [-0.1, -0.05) is 17.4 Å². The molecule has 0 atom stereocenters. The summed E-state index contributed by atoms with van der Waals surface area (Å²) in [6.45, 7) is 3.55. The summed E-state index contributed by atoms with van der Waals surface area (Å²) >= 11 is 1.43. The molecule has 10 heteroatoms. The fraction of sp³-hybridized carbons (Fsp3) is 0.333. The number of ether oxygens (including phenoxy) is 1. The number of halogens is 1. The lowest BCUT2D eigenvalue weighted by Gasteiger charge is -2.22. The van der Waals surface area contributed by atoms with Gasteiger partial charge in [0.2, 0.25) is 0 Å². The van der Waals surface area contributed by atoms with Crippen molar-refractivity contribution < 1.29 is 17.9 Å². The molecule has 168 valence electrons. The van der Waals surface area contributed by atoms with Gasteiger partial charge in [0, 0.05) is 24.9 Å². The number of thiazole rings is 1. The second kappa shape index (κ2) is 10.4. The minimum absolute atomic E-state index is 0. The number of amides is 1. The third-order valence-corrected chi connectivity index (χ3v) is 6.62. The van der Waals surface area contributed by atoms with Crippen molar-refractivity contribution >= 4 is 54.8 Å². The van der Waals surface area contributed by atoms with E-state index in [0.717, 1.165) is 16.5 Å². The summed E-state index contributed by atoms with van der Waals surface area (Å²) in [5, 5.41) is 0.580. The third-order valence-electron chi connectivity index (χ3n) is 4.45. The van der Waals surface area contributed by atoms with Crippen LogP contribution >= 0.6 is 23.7 Å². The molecule has 1 amide bonds. The van der Waals surface area contributed by atoms with Gasteiger partial charge in [0.15, 0.2) is 15.0 Å². The molecule has 0 aliphatic heterocycles. The minimum atomic E-state index is -3.32. The van der Waals surface area contributed by atoms with Crippen LogP contribution in [0.25, 0.3) is 10.2 Å². The molecule has 3 aromatic rings. The van der Waals surface area contributed by atoms with Crippen LogP contribution in [0.1, 0.15) is 17.3 Å². The highest BCUT2D eigenvalue weighted by atomic mass is 35.5. The van der Waals surface area contributed by atoms with Gasteiger partial charge >= 0.3 is 0 Å². The van der Waals surface area contributed by atoms with E-state index in [4.69, 9.17) is 9.72 Å². The molecule has 1 heterocycles. The fourth-order valence-electron chi connectivity index (χ4n) is 2.88. The first-order valence-corrected chi connectivity index (χ1v) is 12.2. The summed E-state index contributed by atoms with van der Waals surface area (Å²) in [6, 6.07) is 11.7. The number of aromatic nitrogens is 1. The van der Waals surface area contributed by atoms with Crippen molar-refractivity contribution in [3.8, 4) is 5.75 Å². The molecule has 0 saturated heterocycles. The van der Waals surface area contributed by atoms with Gasteiger partial charge in [-0.3, -0.25) is 9.69 Å². The molecule has 2 aromatic carbocycles. The zero-order valence-electron chi connectivity index (χ0n) is 17.9. The average molecular weight is 484 g/mol. The molecule has 0 aliphatic carbocycles. The molecular formula is C21H26ClN3O4S2. The van der Waals surface area contributed by atoms with E-state index >= 15 is 0 Å². The van der Waals surface area contributed by atoms with Gasteiger partial charge in [-0.2, -0.15) is 0 Å². The van der Waals surface area contributed by atoms with Crippen molar-refractivity contribution in [2.75, 3.05) is 44.9 Å². The van der Waals surface area contributed by atoms with E-state index in [-0.39, 0.29) is 23.2 Å². The molecular weight excluding hydrogens is 458 g/mol. The smallest absolute Gasteiger partial charge is 0.260 e. The van der Waals surface area contributed by atoms with Crippen molar-refractivity contribution in [1.82, 2.24) is 9.88 Å². The van der Waals surface area contributed by atoms with Crippen molar-refractivity contribution in [1.29, 1.82) is 0 Å². The van der Waals surface area contributed by atoms with Crippen LogP contribution in [0.15, 0.2) is 47.4 Å². The Balaban J connectivity index is 0.00000341. The Morgan fingerprint density at radius 1 is 1.10 bits per heavy atom. The summed E-state index contributed by atoms with van der Waals surface area (Å²) < 4.78 is 30.0. The van der Waals surface area contributed by atoms with Crippen LogP contribution in [0.3, 0.4) is 0 Å². The number of carbonyl (C=O) groups excluding carboxylic acids is 1. The number of para-hydroxylation sites is 1. The van der Waals surface area contributed by atoms with Crippen LogP contribution in [0.4, 0.5) is 5.13 Å². The van der Waals surface area contributed by atoms with Crippen LogP contribution in [0.2, 0.25) is 0 Å². The number of hydrogen-bond acceptors (Lipinski definition) is 7. The van der Waals surface area contributed by atoms with E-state index in [9.17, 15) is 13.2 Å². The number of nitrogens with zero attached hydrogens (tertiary/aromatic N) is 3. The molecule has 1 aromatic heterocycles. The van der Waals surface area contributed by atoms with Gasteiger partial charge in [0.25, 0.3) is 5.91 Å². The topological polar surface area (TPSA) is 79.8 Å². The first-order chi connectivity index (χ1) is 14.2. The Bertz CT molecular complexity index is 1150. The SMILES string of the molecule is CCOc1cccc2sc(N(CCN(C)C)C(=O)c3ccc(S(C)(=O)=O)cc3)nc12.Cl. The van der Waals surface area contributed by atoms with Gasteiger partial charge in [-0.25, -0.2) is 13.4 Å². The van der Waals surface area contributed by atoms with E-state index in [1.54, 1.807) is 17.0 Å². The van der Waals surface area contributed by atoms with Crippen molar-refractivity contribution in [3.05, 3.63) is 48.0 Å². The molecule has 0 aliphatic rings. The molecule has 7 nitrogen and oxygen atoms in total. The molecule has 0 fully saturated rings. The maximum atomic E-state index is 13.3. The van der Waals surface area contributed by atoms with Crippen LogP contribution < -0.4 is 9.64 Å². The molecule has 3 rings (SSSR count). The number of likely N-dealkylation sites (N-methyl/N-ethyl adjacent to an activating group) is 1. The Hall–Kier alpha value is -2.20. The second-order valence-electron chi connectivity index (χ2n) is 7.09. The summed E-state index contributed by atoms with van der Waals surface area (Å²) in [6.07, 6.45) is 1.14. The molecule has 0 spiro atoms. The third kappa shape index (κ3) is 5.94. The number of hydrogen-bond donors (Lipinski definition) is 0. The van der Waals surface area contributed by atoms with E-state index in [1.165, 1.54) is 23.5 Å². The number of anilines is 1. The van der Waals surface area contributed by atoms with Crippen LogP contribution in [-0.4, -0.2) is 64.3 Å². The number of sulfone groups is 1. The Morgan fingerprint density at radius 2 is 1.77 bits per heavy atom. The van der Waals surface area contributed by atoms with Crippen LogP contribution in [0, 0.1) is 0 Å².